The fourth-order valence-electron chi connectivity index (χ4n) is 4.60. The predicted molar refractivity (Wildman–Crippen MR) is 140 cm³/mol. The summed E-state index contributed by atoms with van der Waals surface area (Å²) in [6.07, 6.45) is 2.14. The smallest absolute Gasteiger partial charge is 0.245 e. The molecule has 2 amide bonds. The first-order chi connectivity index (χ1) is 17.7. The third-order valence-electron chi connectivity index (χ3n) is 6.51. The van der Waals surface area contributed by atoms with Gasteiger partial charge in [0.1, 0.15) is 11.8 Å². The van der Waals surface area contributed by atoms with Gasteiger partial charge < -0.3 is 25.9 Å². The second kappa shape index (κ2) is 12.9. The highest BCUT2D eigenvalue weighted by Gasteiger charge is 2.37. The maximum atomic E-state index is 13.6. The second-order valence-corrected chi connectivity index (χ2v) is 9.79. The number of carbonyl (C=O) groups excluding carboxylic acids is 3. The van der Waals surface area contributed by atoms with Gasteiger partial charge in [-0.25, -0.2) is 0 Å². The quantitative estimate of drug-likeness (QED) is 0.185. The first-order valence-electron chi connectivity index (χ1n) is 12.5. The summed E-state index contributed by atoms with van der Waals surface area (Å²) in [7, 11) is 1.58. The van der Waals surface area contributed by atoms with E-state index in [1.54, 1.807) is 48.4 Å². The molecule has 0 aromatic heterocycles. The number of ketones is 1. The Labute approximate surface area is 217 Å². The number of ether oxygens (including phenoxy) is 1. The Morgan fingerprint density at radius 3 is 2.30 bits per heavy atom. The van der Waals surface area contributed by atoms with Crippen LogP contribution in [0.15, 0.2) is 53.7 Å². The van der Waals surface area contributed by atoms with Gasteiger partial charge >= 0.3 is 0 Å². The van der Waals surface area contributed by atoms with Crippen LogP contribution in [0, 0.1) is 5.92 Å². The summed E-state index contributed by atoms with van der Waals surface area (Å²) in [6.45, 7) is 4.49. The fraction of sp³-hybridized carbons (Fsp3) is 0.429. The molecule has 0 bridgehead atoms. The van der Waals surface area contributed by atoms with Crippen LogP contribution < -0.4 is 15.8 Å². The van der Waals surface area contributed by atoms with Crippen molar-refractivity contribution < 1.29 is 24.3 Å². The van der Waals surface area contributed by atoms with E-state index in [0.29, 0.717) is 30.7 Å². The van der Waals surface area contributed by atoms with Crippen molar-refractivity contribution in [1.29, 1.82) is 0 Å². The summed E-state index contributed by atoms with van der Waals surface area (Å²) < 4.78 is 5.16. The van der Waals surface area contributed by atoms with E-state index in [0.717, 1.165) is 17.5 Å². The minimum absolute atomic E-state index is 0.00401. The molecule has 2 aromatic rings. The Balaban J connectivity index is 1.66. The number of nitrogens with two attached hydrogens (primary N) is 1. The molecule has 4 N–H and O–H groups in total. The van der Waals surface area contributed by atoms with Crippen molar-refractivity contribution in [3.05, 3.63) is 65.2 Å². The lowest BCUT2D eigenvalue weighted by atomic mass is 9.98. The zero-order valence-electron chi connectivity index (χ0n) is 21.6. The van der Waals surface area contributed by atoms with E-state index in [9.17, 15) is 14.4 Å². The van der Waals surface area contributed by atoms with Gasteiger partial charge in [0.2, 0.25) is 11.8 Å². The van der Waals surface area contributed by atoms with E-state index < -0.39 is 12.1 Å². The van der Waals surface area contributed by atoms with Crippen molar-refractivity contribution in [1.82, 2.24) is 10.2 Å². The molecule has 9 nitrogen and oxygen atoms in total. The molecule has 0 unspecified atom stereocenters. The predicted octanol–water partition coefficient (Wildman–Crippen LogP) is 2.67. The molecule has 2 aromatic carbocycles. The Morgan fingerprint density at radius 2 is 1.70 bits per heavy atom. The van der Waals surface area contributed by atoms with E-state index in [2.05, 4.69) is 10.5 Å². The highest BCUT2D eigenvalue weighted by Crippen LogP contribution is 2.23. The summed E-state index contributed by atoms with van der Waals surface area (Å²) in [4.78, 5) is 41.2. The van der Waals surface area contributed by atoms with Gasteiger partial charge in [0.05, 0.1) is 19.6 Å². The monoisotopic (exact) mass is 508 g/mol. The van der Waals surface area contributed by atoms with Crippen molar-refractivity contribution in [3.63, 3.8) is 0 Å². The maximum Gasteiger partial charge on any atom is 0.245 e. The second-order valence-electron chi connectivity index (χ2n) is 9.79. The van der Waals surface area contributed by atoms with E-state index >= 15 is 0 Å². The average Bonchev–Trinajstić information content (AvgIpc) is 3.38. The minimum Gasteiger partial charge on any atom is -0.497 e. The molecule has 2 atom stereocenters. The first kappa shape index (κ1) is 27.7. The molecule has 0 radical (unpaired) electrons. The highest BCUT2D eigenvalue weighted by molar-refractivity contribution is 5.97. The molecule has 3 rings (SSSR count). The highest BCUT2D eigenvalue weighted by atomic mass is 16.5. The molecule has 1 fully saturated rings. The van der Waals surface area contributed by atoms with Gasteiger partial charge in [-0.2, -0.15) is 0 Å². The Kier molecular flexibility index (Phi) is 9.65. The number of oxime groups is 1. The van der Waals surface area contributed by atoms with Crippen LogP contribution in [0.2, 0.25) is 0 Å². The van der Waals surface area contributed by atoms with Crippen LogP contribution in [0.3, 0.4) is 0 Å². The number of rotatable bonds is 11. The lowest BCUT2D eigenvalue weighted by Gasteiger charge is -2.29. The van der Waals surface area contributed by atoms with E-state index in [-0.39, 0.29) is 42.2 Å². The lowest BCUT2D eigenvalue weighted by molar-refractivity contribution is -0.141. The van der Waals surface area contributed by atoms with Crippen LogP contribution in [0.4, 0.5) is 0 Å². The number of amidine groups is 1. The summed E-state index contributed by atoms with van der Waals surface area (Å²) in [5.41, 5.74) is 7.76. The molecule has 1 aliphatic heterocycles. The molecule has 198 valence electrons. The summed E-state index contributed by atoms with van der Waals surface area (Å²) in [6, 6.07) is 12.9. The van der Waals surface area contributed by atoms with Gasteiger partial charge in [-0.1, -0.05) is 55.4 Å². The number of methoxy groups -OCH3 is 1. The van der Waals surface area contributed by atoms with Crippen molar-refractivity contribution >= 4 is 23.4 Å². The lowest BCUT2D eigenvalue weighted by Crippen LogP contribution is -2.52. The minimum atomic E-state index is -0.695. The van der Waals surface area contributed by atoms with Crippen LogP contribution in [0.1, 0.15) is 49.8 Å². The normalized spacial score (nSPS) is 16.5. The van der Waals surface area contributed by atoms with Gasteiger partial charge in [-0.15, -0.1) is 0 Å². The number of hydrogen-bond acceptors (Lipinski definition) is 6. The number of carbonyl (C=O) groups is 3. The number of amides is 2. The zero-order chi connectivity index (χ0) is 26.9. The molecule has 1 aliphatic rings. The number of Topliss-reactive ketones (excluding diaryl/α,β-unsaturated/α-hetero) is 1. The molecule has 0 aliphatic carbocycles. The number of nitrogens with zero attached hydrogens (tertiary/aromatic N) is 2. The number of benzene rings is 2. The van der Waals surface area contributed by atoms with Crippen molar-refractivity contribution in [2.24, 2.45) is 16.8 Å². The number of likely N-dealkylation sites (tertiary alicyclic amines) is 1. The van der Waals surface area contributed by atoms with Gasteiger partial charge in [0.25, 0.3) is 0 Å². The largest absolute Gasteiger partial charge is 0.497 e. The van der Waals surface area contributed by atoms with E-state index in [1.807, 2.05) is 26.0 Å². The van der Waals surface area contributed by atoms with Crippen LogP contribution in [-0.4, -0.2) is 59.3 Å². The zero-order valence-corrected chi connectivity index (χ0v) is 21.6. The summed E-state index contributed by atoms with van der Waals surface area (Å²) in [5, 5.41) is 14.7. The van der Waals surface area contributed by atoms with E-state index in [1.165, 1.54) is 0 Å². The molecule has 0 saturated carbocycles. The third-order valence-corrected chi connectivity index (χ3v) is 6.51. The summed E-state index contributed by atoms with van der Waals surface area (Å²) in [5.74, 6) is 0.388. The van der Waals surface area contributed by atoms with Crippen LogP contribution >= 0.6 is 0 Å². The van der Waals surface area contributed by atoms with Gasteiger partial charge in [0, 0.05) is 18.5 Å². The third kappa shape index (κ3) is 7.55. The van der Waals surface area contributed by atoms with Gasteiger partial charge in [-0.05, 0) is 48.4 Å². The Bertz CT molecular complexity index is 1110. The van der Waals surface area contributed by atoms with Crippen molar-refractivity contribution in [3.8, 4) is 5.75 Å². The topological polar surface area (TPSA) is 134 Å². The van der Waals surface area contributed by atoms with E-state index in [4.69, 9.17) is 15.7 Å². The SMILES string of the molecule is COc1ccc(CC(=O)N[C@H](CC(C)C)C(=O)N2CCC[C@H]2C(=O)Cc2ccc(C(N)=NO)cc2)cc1. The molecule has 37 heavy (non-hydrogen) atoms. The van der Waals surface area contributed by atoms with Crippen LogP contribution in [-0.2, 0) is 27.2 Å². The Hall–Kier alpha value is -3.88. The Morgan fingerprint density at radius 1 is 1.08 bits per heavy atom. The molecule has 1 saturated heterocycles. The first-order valence-corrected chi connectivity index (χ1v) is 12.5. The molecule has 1 heterocycles. The van der Waals surface area contributed by atoms with Crippen LogP contribution in [0.25, 0.3) is 0 Å². The molecular formula is C28H36N4O5. The van der Waals surface area contributed by atoms with Gasteiger partial charge in [-0.3, -0.25) is 14.4 Å². The molecule has 0 spiro atoms. The van der Waals surface area contributed by atoms with Crippen molar-refractivity contribution in [2.75, 3.05) is 13.7 Å². The maximum absolute atomic E-state index is 13.6. The number of hydrogen-bond donors (Lipinski definition) is 3. The standard InChI is InChI=1S/C28H36N4O5/c1-18(2)15-23(30-26(34)17-20-8-12-22(37-3)13-9-20)28(35)32-14-4-5-24(32)25(33)16-19-6-10-21(11-7-19)27(29)31-36/h6-13,18,23-24,36H,4-5,14-17H2,1-3H3,(H2,29,31)(H,30,34)/t23-,24+/m1/s1. The average molecular weight is 509 g/mol. The van der Waals surface area contributed by atoms with Crippen molar-refractivity contribution in [2.45, 2.75) is 58.0 Å². The van der Waals surface area contributed by atoms with Crippen LogP contribution in [0.5, 0.6) is 5.75 Å². The fourth-order valence-corrected chi connectivity index (χ4v) is 4.60. The molecule has 9 heteroatoms. The van der Waals surface area contributed by atoms with Gasteiger partial charge in [0.15, 0.2) is 11.6 Å². The number of nitrogens with one attached hydrogen (secondary N) is 1. The molecular weight excluding hydrogens is 472 g/mol. The summed E-state index contributed by atoms with van der Waals surface area (Å²) >= 11 is 0.